The molecule has 27 heavy (non-hydrogen) atoms. The second-order valence-corrected chi connectivity index (χ2v) is 7.83. The van der Waals surface area contributed by atoms with E-state index in [-0.39, 0.29) is 17.6 Å². The molecule has 1 amide bonds. The van der Waals surface area contributed by atoms with E-state index in [1.54, 1.807) is 0 Å². The quantitative estimate of drug-likeness (QED) is 0.884. The van der Waals surface area contributed by atoms with E-state index in [2.05, 4.69) is 21.8 Å². The van der Waals surface area contributed by atoms with Gasteiger partial charge >= 0.3 is 0 Å². The highest BCUT2D eigenvalue weighted by atomic mass is 16.5. The Balaban J connectivity index is 1.31. The smallest absolute Gasteiger partial charge is 0.263 e. The van der Waals surface area contributed by atoms with Crippen LogP contribution in [0, 0.1) is 0 Å². The molecule has 1 fully saturated rings. The third-order valence-corrected chi connectivity index (χ3v) is 6.60. The molecule has 0 bridgehead atoms. The summed E-state index contributed by atoms with van der Waals surface area (Å²) in [4.78, 5) is 25.6. The Morgan fingerprint density at radius 3 is 2.89 bits per heavy atom. The number of aromatic nitrogens is 2. The zero-order chi connectivity index (χ0) is 18.4. The lowest BCUT2D eigenvalue weighted by Gasteiger charge is -2.50. The summed E-state index contributed by atoms with van der Waals surface area (Å²) in [6, 6.07) is 7.96. The van der Waals surface area contributed by atoms with Crippen LogP contribution in [0.5, 0.6) is 5.75 Å². The molecular formula is C21H26N4O2. The lowest BCUT2D eigenvalue weighted by atomic mass is 9.78. The molecule has 0 aliphatic carbocycles. The molecule has 0 saturated carbocycles. The van der Waals surface area contributed by atoms with Gasteiger partial charge in [-0.2, -0.15) is 0 Å². The third-order valence-electron chi connectivity index (χ3n) is 6.60. The molecule has 1 N–H and O–H groups in total. The van der Waals surface area contributed by atoms with Crippen LogP contribution in [0.4, 0.5) is 0 Å². The minimum absolute atomic E-state index is 0.0292. The number of amides is 1. The Hall–Kier alpha value is -2.34. The number of benzene rings is 1. The highest BCUT2D eigenvalue weighted by Crippen LogP contribution is 2.42. The summed E-state index contributed by atoms with van der Waals surface area (Å²) < 4.78 is 5.93. The molecular weight excluding hydrogens is 340 g/mol. The van der Waals surface area contributed by atoms with E-state index < -0.39 is 0 Å². The number of piperidine rings is 1. The van der Waals surface area contributed by atoms with Crippen molar-refractivity contribution < 1.29 is 9.53 Å². The van der Waals surface area contributed by atoms with Gasteiger partial charge in [0.2, 0.25) is 0 Å². The van der Waals surface area contributed by atoms with E-state index in [1.807, 2.05) is 35.5 Å². The first-order valence-electron chi connectivity index (χ1n) is 10.0. The van der Waals surface area contributed by atoms with Crippen molar-refractivity contribution >= 4 is 5.91 Å². The number of nitrogens with zero attached hydrogens (tertiary/aromatic N) is 3. The molecule has 142 valence electrons. The number of nitrogens with one attached hydrogen (secondary N) is 1. The maximum Gasteiger partial charge on any atom is 0.263 e. The van der Waals surface area contributed by atoms with Gasteiger partial charge in [-0.3, -0.25) is 9.69 Å². The number of rotatable bonds is 2. The van der Waals surface area contributed by atoms with Crippen LogP contribution in [0.3, 0.4) is 0 Å². The Morgan fingerprint density at radius 2 is 2.11 bits per heavy atom. The van der Waals surface area contributed by atoms with Crippen molar-refractivity contribution in [3.8, 4) is 5.75 Å². The SMILES string of the molecule is CCN1CCc2[nH]cnc2C12CCN(C(=O)[C@H]1Cc3ccccc3O1)CC2. The molecule has 2 aromatic rings. The van der Waals surface area contributed by atoms with Gasteiger partial charge in [0.05, 0.1) is 17.6 Å². The maximum atomic E-state index is 13.1. The first-order chi connectivity index (χ1) is 13.2. The summed E-state index contributed by atoms with van der Waals surface area (Å²) in [5, 5.41) is 0. The minimum Gasteiger partial charge on any atom is -0.480 e. The Labute approximate surface area is 159 Å². The van der Waals surface area contributed by atoms with Crippen LogP contribution in [-0.4, -0.2) is 58.0 Å². The van der Waals surface area contributed by atoms with Crippen LogP contribution in [0.1, 0.15) is 36.7 Å². The number of hydrogen-bond acceptors (Lipinski definition) is 4. The maximum absolute atomic E-state index is 13.1. The number of aromatic amines is 1. The number of likely N-dealkylation sites (N-methyl/N-ethyl adjacent to an activating group) is 1. The van der Waals surface area contributed by atoms with Gasteiger partial charge < -0.3 is 14.6 Å². The Morgan fingerprint density at radius 1 is 1.30 bits per heavy atom. The zero-order valence-electron chi connectivity index (χ0n) is 15.8. The average molecular weight is 366 g/mol. The van der Waals surface area contributed by atoms with Gasteiger partial charge in [-0.1, -0.05) is 25.1 Å². The first kappa shape index (κ1) is 16.8. The second kappa shape index (κ2) is 6.37. The monoisotopic (exact) mass is 366 g/mol. The number of carbonyl (C=O) groups is 1. The molecule has 5 rings (SSSR count). The second-order valence-electron chi connectivity index (χ2n) is 7.83. The summed E-state index contributed by atoms with van der Waals surface area (Å²) in [6.45, 7) is 5.82. The number of para-hydroxylation sites is 1. The third kappa shape index (κ3) is 2.57. The average Bonchev–Trinajstić information content (AvgIpc) is 3.36. The molecule has 6 nitrogen and oxygen atoms in total. The van der Waals surface area contributed by atoms with E-state index in [0.717, 1.165) is 56.8 Å². The van der Waals surface area contributed by atoms with Crippen LogP contribution in [0.2, 0.25) is 0 Å². The Kier molecular flexibility index (Phi) is 3.97. The van der Waals surface area contributed by atoms with Crippen molar-refractivity contribution in [3.63, 3.8) is 0 Å². The van der Waals surface area contributed by atoms with Gasteiger partial charge in [-0.15, -0.1) is 0 Å². The highest BCUT2D eigenvalue weighted by Gasteiger charge is 2.47. The van der Waals surface area contributed by atoms with Crippen LogP contribution in [0.15, 0.2) is 30.6 Å². The molecule has 1 aromatic carbocycles. The van der Waals surface area contributed by atoms with E-state index in [1.165, 1.54) is 11.4 Å². The standard InChI is InChI=1S/C21H26N4O2/c1-2-25-10-7-16-19(23-14-22-16)21(25)8-11-24(12-9-21)20(26)18-13-15-5-3-4-6-17(15)27-18/h3-6,14,18H,2,7-13H2,1H3,(H,22,23)/t18-/m1/s1. The molecule has 1 atom stereocenters. The Bertz CT molecular complexity index is 828. The topological polar surface area (TPSA) is 61.5 Å². The minimum atomic E-state index is -0.369. The first-order valence-corrected chi connectivity index (χ1v) is 10.0. The highest BCUT2D eigenvalue weighted by molar-refractivity contribution is 5.82. The zero-order valence-corrected chi connectivity index (χ0v) is 15.8. The molecule has 1 aromatic heterocycles. The van der Waals surface area contributed by atoms with Crippen LogP contribution in [-0.2, 0) is 23.2 Å². The van der Waals surface area contributed by atoms with Gasteiger partial charge in [-0.25, -0.2) is 4.98 Å². The van der Waals surface area contributed by atoms with Crippen molar-refractivity contribution in [3.05, 3.63) is 47.5 Å². The van der Waals surface area contributed by atoms with E-state index >= 15 is 0 Å². The van der Waals surface area contributed by atoms with Crippen LogP contribution >= 0.6 is 0 Å². The van der Waals surface area contributed by atoms with Gasteiger partial charge in [0.1, 0.15) is 5.75 Å². The number of likely N-dealkylation sites (tertiary alicyclic amines) is 1. The largest absolute Gasteiger partial charge is 0.480 e. The number of H-pyrrole nitrogens is 1. The lowest BCUT2D eigenvalue weighted by Crippen LogP contribution is -2.58. The molecule has 0 unspecified atom stereocenters. The van der Waals surface area contributed by atoms with Crippen molar-refractivity contribution in [2.45, 2.75) is 44.2 Å². The number of hydrogen-bond donors (Lipinski definition) is 1. The number of ether oxygens (including phenoxy) is 1. The lowest BCUT2D eigenvalue weighted by molar-refractivity contribution is -0.141. The molecule has 1 saturated heterocycles. The fourth-order valence-electron chi connectivity index (χ4n) is 5.16. The summed E-state index contributed by atoms with van der Waals surface area (Å²) >= 11 is 0. The molecule has 4 heterocycles. The van der Waals surface area contributed by atoms with Crippen LogP contribution < -0.4 is 4.74 Å². The van der Waals surface area contributed by atoms with Gasteiger partial charge in [0.25, 0.3) is 5.91 Å². The fourth-order valence-corrected chi connectivity index (χ4v) is 5.16. The predicted octanol–water partition coefficient (Wildman–Crippen LogP) is 2.11. The van der Waals surface area contributed by atoms with Crippen molar-refractivity contribution in [2.75, 3.05) is 26.2 Å². The summed E-state index contributed by atoms with van der Waals surface area (Å²) in [6.07, 6.45) is 5.04. The fraction of sp³-hybridized carbons (Fsp3) is 0.524. The van der Waals surface area contributed by atoms with Gasteiger partial charge in [-0.05, 0) is 31.0 Å². The summed E-state index contributed by atoms with van der Waals surface area (Å²) in [7, 11) is 0. The molecule has 3 aliphatic heterocycles. The van der Waals surface area contributed by atoms with Crippen LogP contribution in [0.25, 0.3) is 0 Å². The summed E-state index contributed by atoms with van der Waals surface area (Å²) in [5.74, 6) is 0.983. The van der Waals surface area contributed by atoms with Crippen molar-refractivity contribution in [1.29, 1.82) is 0 Å². The van der Waals surface area contributed by atoms with Gasteiger partial charge in [0.15, 0.2) is 6.10 Å². The molecule has 1 spiro atoms. The number of fused-ring (bicyclic) bond motifs is 3. The van der Waals surface area contributed by atoms with Gasteiger partial charge in [0, 0.05) is 38.2 Å². The van der Waals surface area contributed by atoms with E-state index in [9.17, 15) is 4.79 Å². The predicted molar refractivity (Wildman–Crippen MR) is 102 cm³/mol. The normalized spacial score (nSPS) is 23.7. The van der Waals surface area contributed by atoms with E-state index in [0.29, 0.717) is 6.42 Å². The number of carbonyl (C=O) groups excluding carboxylic acids is 1. The van der Waals surface area contributed by atoms with Crippen molar-refractivity contribution in [2.24, 2.45) is 0 Å². The number of imidazole rings is 1. The molecule has 6 heteroatoms. The van der Waals surface area contributed by atoms with Crippen molar-refractivity contribution in [1.82, 2.24) is 19.8 Å². The van der Waals surface area contributed by atoms with E-state index in [4.69, 9.17) is 4.74 Å². The summed E-state index contributed by atoms with van der Waals surface area (Å²) in [5.41, 5.74) is 3.58. The molecule has 3 aliphatic rings. The molecule has 0 radical (unpaired) electrons.